The molecule has 1 aromatic carbocycles. The standard InChI is InChI=1S/C8H10BrN/c1-6-7(5-9)3-2-4-8(6)10/h2-4H,5,10H2,1H3. The molecule has 0 fully saturated rings. The summed E-state index contributed by atoms with van der Waals surface area (Å²) in [4.78, 5) is 0. The second-order valence-electron chi connectivity index (χ2n) is 2.26. The maximum atomic E-state index is 5.68. The van der Waals surface area contributed by atoms with Crippen molar-refractivity contribution in [2.24, 2.45) is 0 Å². The summed E-state index contributed by atoms with van der Waals surface area (Å²) in [6, 6.07) is 5.96. The number of nitrogens with two attached hydrogens (primary N) is 1. The van der Waals surface area contributed by atoms with E-state index < -0.39 is 0 Å². The molecule has 0 aromatic heterocycles. The van der Waals surface area contributed by atoms with Crippen molar-refractivity contribution in [3.8, 4) is 0 Å². The summed E-state index contributed by atoms with van der Waals surface area (Å²) >= 11 is 3.39. The fraction of sp³-hybridized carbons (Fsp3) is 0.250. The summed E-state index contributed by atoms with van der Waals surface area (Å²) in [6.45, 7) is 2.03. The van der Waals surface area contributed by atoms with Gasteiger partial charge in [0.1, 0.15) is 0 Å². The molecule has 0 aliphatic rings. The number of halogens is 1. The van der Waals surface area contributed by atoms with Crippen LogP contribution in [0.1, 0.15) is 11.1 Å². The molecule has 0 amide bonds. The van der Waals surface area contributed by atoms with Gasteiger partial charge in [-0.15, -0.1) is 0 Å². The smallest absolute Gasteiger partial charge is 0.0346 e. The maximum Gasteiger partial charge on any atom is 0.0346 e. The molecule has 2 heteroatoms. The van der Waals surface area contributed by atoms with Crippen LogP contribution in [-0.4, -0.2) is 0 Å². The normalized spacial score (nSPS) is 9.80. The van der Waals surface area contributed by atoms with E-state index >= 15 is 0 Å². The van der Waals surface area contributed by atoms with Crippen molar-refractivity contribution in [2.45, 2.75) is 12.3 Å². The first-order chi connectivity index (χ1) is 4.75. The Kier molecular flexibility index (Phi) is 2.33. The molecule has 0 heterocycles. The fourth-order valence-electron chi connectivity index (χ4n) is 0.848. The highest BCUT2D eigenvalue weighted by Crippen LogP contribution is 2.17. The van der Waals surface area contributed by atoms with E-state index in [4.69, 9.17) is 5.73 Å². The number of hydrogen-bond acceptors (Lipinski definition) is 1. The van der Waals surface area contributed by atoms with Crippen molar-refractivity contribution in [3.63, 3.8) is 0 Å². The van der Waals surface area contributed by atoms with E-state index in [9.17, 15) is 0 Å². The minimum Gasteiger partial charge on any atom is -0.399 e. The van der Waals surface area contributed by atoms with Crippen LogP contribution in [0.3, 0.4) is 0 Å². The molecule has 0 saturated carbocycles. The molecule has 0 aliphatic carbocycles. The highest BCUT2D eigenvalue weighted by molar-refractivity contribution is 9.08. The van der Waals surface area contributed by atoms with Gasteiger partial charge in [0, 0.05) is 11.0 Å². The number of benzene rings is 1. The van der Waals surface area contributed by atoms with Crippen LogP contribution >= 0.6 is 15.9 Å². The number of nitrogen functional groups attached to an aromatic ring is 1. The topological polar surface area (TPSA) is 26.0 Å². The minimum absolute atomic E-state index is 0.872. The summed E-state index contributed by atoms with van der Waals surface area (Å²) in [7, 11) is 0. The van der Waals surface area contributed by atoms with Gasteiger partial charge < -0.3 is 5.73 Å². The third-order valence-corrected chi connectivity index (χ3v) is 2.24. The average molecular weight is 200 g/mol. The van der Waals surface area contributed by atoms with E-state index in [1.165, 1.54) is 11.1 Å². The Balaban J connectivity index is 3.14. The summed E-state index contributed by atoms with van der Waals surface area (Å²) in [5, 5.41) is 0.879. The maximum absolute atomic E-state index is 5.68. The van der Waals surface area contributed by atoms with Gasteiger partial charge in [0.25, 0.3) is 0 Å². The Morgan fingerprint density at radius 1 is 1.50 bits per heavy atom. The lowest BCUT2D eigenvalue weighted by Crippen LogP contribution is -1.92. The van der Waals surface area contributed by atoms with Gasteiger partial charge in [0.2, 0.25) is 0 Å². The lowest BCUT2D eigenvalue weighted by molar-refractivity contribution is 1.32. The highest BCUT2D eigenvalue weighted by atomic mass is 79.9. The average Bonchev–Trinajstić information content (AvgIpc) is 1.95. The predicted molar refractivity (Wildman–Crippen MR) is 48.2 cm³/mol. The zero-order valence-electron chi connectivity index (χ0n) is 5.89. The van der Waals surface area contributed by atoms with Crippen molar-refractivity contribution in [2.75, 3.05) is 5.73 Å². The Bertz CT molecular complexity index is 233. The van der Waals surface area contributed by atoms with Crippen LogP contribution in [0.15, 0.2) is 18.2 Å². The van der Waals surface area contributed by atoms with E-state index in [2.05, 4.69) is 22.0 Å². The zero-order valence-corrected chi connectivity index (χ0v) is 7.48. The Hall–Kier alpha value is -0.500. The molecule has 54 valence electrons. The van der Waals surface area contributed by atoms with Crippen LogP contribution in [0.5, 0.6) is 0 Å². The van der Waals surface area contributed by atoms with Gasteiger partial charge in [0.15, 0.2) is 0 Å². The Morgan fingerprint density at radius 3 is 2.70 bits per heavy atom. The highest BCUT2D eigenvalue weighted by Gasteiger charge is 1.97. The lowest BCUT2D eigenvalue weighted by Gasteiger charge is -2.03. The van der Waals surface area contributed by atoms with E-state index in [0.29, 0.717) is 0 Å². The quantitative estimate of drug-likeness (QED) is 0.546. The molecule has 0 saturated heterocycles. The summed E-state index contributed by atoms with van der Waals surface area (Å²) < 4.78 is 0. The van der Waals surface area contributed by atoms with Gasteiger partial charge in [-0.05, 0) is 24.1 Å². The monoisotopic (exact) mass is 199 g/mol. The van der Waals surface area contributed by atoms with Gasteiger partial charge >= 0.3 is 0 Å². The molecular weight excluding hydrogens is 190 g/mol. The number of alkyl halides is 1. The third-order valence-electron chi connectivity index (χ3n) is 1.63. The summed E-state index contributed by atoms with van der Waals surface area (Å²) in [5.41, 5.74) is 8.99. The molecule has 0 unspecified atom stereocenters. The van der Waals surface area contributed by atoms with Crippen molar-refractivity contribution in [1.29, 1.82) is 0 Å². The van der Waals surface area contributed by atoms with Crippen molar-refractivity contribution in [1.82, 2.24) is 0 Å². The van der Waals surface area contributed by atoms with Gasteiger partial charge in [-0.3, -0.25) is 0 Å². The van der Waals surface area contributed by atoms with Crippen molar-refractivity contribution in [3.05, 3.63) is 29.3 Å². The van der Waals surface area contributed by atoms with Gasteiger partial charge in [-0.25, -0.2) is 0 Å². The first-order valence-corrected chi connectivity index (χ1v) is 4.27. The van der Waals surface area contributed by atoms with Crippen LogP contribution < -0.4 is 5.73 Å². The molecule has 2 N–H and O–H groups in total. The molecule has 0 aliphatic heterocycles. The van der Waals surface area contributed by atoms with Crippen LogP contribution in [0.2, 0.25) is 0 Å². The minimum atomic E-state index is 0.872. The van der Waals surface area contributed by atoms with Crippen LogP contribution in [0, 0.1) is 6.92 Å². The lowest BCUT2D eigenvalue weighted by atomic mass is 10.1. The molecule has 1 rings (SSSR count). The van der Waals surface area contributed by atoms with Gasteiger partial charge in [-0.2, -0.15) is 0 Å². The third kappa shape index (κ3) is 1.32. The molecule has 0 bridgehead atoms. The Labute approximate surface area is 69.4 Å². The molecule has 0 atom stereocenters. The van der Waals surface area contributed by atoms with Gasteiger partial charge in [0.05, 0.1) is 0 Å². The predicted octanol–water partition coefficient (Wildman–Crippen LogP) is 2.47. The van der Waals surface area contributed by atoms with Crippen molar-refractivity contribution >= 4 is 21.6 Å². The molecule has 0 radical (unpaired) electrons. The van der Waals surface area contributed by atoms with Crippen LogP contribution in [-0.2, 0) is 5.33 Å². The second kappa shape index (κ2) is 3.06. The first kappa shape index (κ1) is 7.61. The first-order valence-electron chi connectivity index (χ1n) is 3.15. The zero-order chi connectivity index (χ0) is 7.56. The second-order valence-corrected chi connectivity index (χ2v) is 2.83. The number of rotatable bonds is 1. The Morgan fingerprint density at radius 2 is 2.20 bits per heavy atom. The van der Waals surface area contributed by atoms with E-state index in [0.717, 1.165) is 11.0 Å². The SMILES string of the molecule is Cc1c(N)cccc1CBr. The number of hydrogen-bond donors (Lipinski definition) is 1. The molecular formula is C8H10BrN. The summed E-state index contributed by atoms with van der Waals surface area (Å²) in [5.74, 6) is 0. The fourth-order valence-corrected chi connectivity index (χ4v) is 1.46. The largest absolute Gasteiger partial charge is 0.399 e. The van der Waals surface area contributed by atoms with Gasteiger partial charge in [-0.1, -0.05) is 28.1 Å². The molecule has 1 aromatic rings. The molecule has 1 nitrogen and oxygen atoms in total. The van der Waals surface area contributed by atoms with E-state index in [-0.39, 0.29) is 0 Å². The molecule has 10 heavy (non-hydrogen) atoms. The number of anilines is 1. The van der Waals surface area contributed by atoms with Crippen molar-refractivity contribution < 1.29 is 0 Å². The van der Waals surface area contributed by atoms with E-state index in [1.807, 2.05) is 19.1 Å². The van der Waals surface area contributed by atoms with E-state index in [1.54, 1.807) is 0 Å². The van der Waals surface area contributed by atoms with Crippen LogP contribution in [0.4, 0.5) is 5.69 Å². The summed E-state index contributed by atoms with van der Waals surface area (Å²) in [6.07, 6.45) is 0. The molecule has 0 spiro atoms. The van der Waals surface area contributed by atoms with Crippen LogP contribution in [0.25, 0.3) is 0 Å².